The van der Waals surface area contributed by atoms with Crippen molar-refractivity contribution in [2.24, 2.45) is 5.92 Å². The molecule has 0 aromatic carbocycles. The highest BCUT2D eigenvalue weighted by molar-refractivity contribution is 5.74. The summed E-state index contributed by atoms with van der Waals surface area (Å²) in [6.45, 7) is 4.58. The van der Waals surface area contributed by atoms with Crippen LogP contribution in [0.1, 0.15) is 39.0 Å². The second-order valence-corrected chi connectivity index (χ2v) is 8.52. The van der Waals surface area contributed by atoms with Crippen LogP contribution in [0.4, 0.5) is 22.4 Å². The Morgan fingerprint density at radius 3 is 2.63 bits per heavy atom. The van der Waals surface area contributed by atoms with Crippen LogP contribution in [0.2, 0.25) is 0 Å². The second kappa shape index (κ2) is 10.4. The van der Waals surface area contributed by atoms with E-state index in [4.69, 9.17) is 0 Å². The molecule has 0 spiro atoms. The molecule has 30 heavy (non-hydrogen) atoms. The number of urea groups is 1. The summed E-state index contributed by atoms with van der Waals surface area (Å²) in [6.07, 6.45) is -5.68. The topological polar surface area (TPSA) is 101 Å². The van der Waals surface area contributed by atoms with E-state index in [-0.39, 0.29) is 25.0 Å². The molecule has 0 aromatic heterocycles. The Morgan fingerprint density at radius 1 is 1.13 bits per heavy atom. The first-order valence-corrected chi connectivity index (χ1v) is 10.7. The Kier molecular flexibility index (Phi) is 8.13. The molecule has 2 heterocycles. The molecule has 2 amide bonds. The summed E-state index contributed by atoms with van der Waals surface area (Å²) in [7, 11) is 0. The minimum atomic E-state index is -4.60. The highest BCUT2D eigenvalue weighted by Gasteiger charge is 2.48. The Labute approximate surface area is 174 Å². The Hall–Kier alpha value is -1.21. The first kappa shape index (κ1) is 23.5. The number of rotatable bonds is 6. The maximum atomic E-state index is 13.6. The average molecular weight is 440 g/mol. The number of alkyl halides is 4. The SMILES string of the molecule is CC1CC(NCCC2CNCN2)NC(NC(=O)NC2CCC(F)C(C(F)(F)F)C2)N1. The van der Waals surface area contributed by atoms with Gasteiger partial charge in [0.25, 0.3) is 0 Å². The van der Waals surface area contributed by atoms with Crippen LogP contribution in [0.3, 0.4) is 0 Å². The maximum absolute atomic E-state index is 13.6. The Bertz CT molecular complexity index is 561. The van der Waals surface area contributed by atoms with Crippen molar-refractivity contribution in [3.63, 3.8) is 0 Å². The summed E-state index contributed by atoms with van der Waals surface area (Å²) in [5.41, 5.74) is 0. The van der Waals surface area contributed by atoms with E-state index in [9.17, 15) is 22.4 Å². The molecule has 2 saturated heterocycles. The zero-order chi connectivity index (χ0) is 21.7. The third-order valence-corrected chi connectivity index (χ3v) is 6.00. The van der Waals surface area contributed by atoms with Gasteiger partial charge in [-0.2, -0.15) is 13.2 Å². The fourth-order valence-corrected chi connectivity index (χ4v) is 4.38. The van der Waals surface area contributed by atoms with Crippen molar-refractivity contribution in [2.45, 2.75) is 82.0 Å². The zero-order valence-corrected chi connectivity index (χ0v) is 17.1. The van der Waals surface area contributed by atoms with Crippen molar-refractivity contribution in [1.29, 1.82) is 0 Å². The summed E-state index contributed by atoms with van der Waals surface area (Å²) < 4.78 is 52.5. The van der Waals surface area contributed by atoms with Gasteiger partial charge >= 0.3 is 12.2 Å². The lowest BCUT2D eigenvalue weighted by atomic mass is 9.84. The van der Waals surface area contributed by atoms with Crippen LogP contribution < -0.4 is 37.2 Å². The van der Waals surface area contributed by atoms with Gasteiger partial charge in [-0.3, -0.25) is 10.6 Å². The Morgan fingerprint density at radius 2 is 1.93 bits per heavy atom. The van der Waals surface area contributed by atoms with Gasteiger partial charge in [0.05, 0.1) is 12.1 Å². The molecular weight excluding hydrogens is 406 g/mol. The smallest absolute Gasteiger partial charge is 0.335 e. The van der Waals surface area contributed by atoms with Crippen LogP contribution in [0, 0.1) is 5.92 Å². The monoisotopic (exact) mass is 439 g/mol. The molecule has 3 rings (SSSR count). The molecule has 2 aliphatic heterocycles. The number of halogens is 4. The van der Waals surface area contributed by atoms with Crippen LogP contribution in [0.5, 0.6) is 0 Å². The van der Waals surface area contributed by atoms with Crippen molar-refractivity contribution in [1.82, 2.24) is 37.2 Å². The zero-order valence-electron chi connectivity index (χ0n) is 17.1. The molecule has 1 aliphatic carbocycles. The number of nitrogens with one attached hydrogen (secondary N) is 7. The van der Waals surface area contributed by atoms with E-state index in [0.717, 1.165) is 32.6 Å². The van der Waals surface area contributed by atoms with E-state index in [1.54, 1.807) is 0 Å². The van der Waals surface area contributed by atoms with E-state index < -0.39 is 43.0 Å². The molecule has 174 valence electrons. The van der Waals surface area contributed by atoms with Gasteiger partial charge in [0.2, 0.25) is 0 Å². The first-order chi connectivity index (χ1) is 14.2. The van der Waals surface area contributed by atoms with Gasteiger partial charge in [-0.15, -0.1) is 0 Å². The predicted molar refractivity (Wildman–Crippen MR) is 104 cm³/mol. The minimum Gasteiger partial charge on any atom is -0.335 e. The van der Waals surface area contributed by atoms with Gasteiger partial charge in [-0.1, -0.05) is 0 Å². The van der Waals surface area contributed by atoms with Gasteiger partial charge in [0, 0.05) is 31.3 Å². The summed E-state index contributed by atoms with van der Waals surface area (Å²) in [5.74, 6) is -2.03. The van der Waals surface area contributed by atoms with E-state index >= 15 is 0 Å². The summed E-state index contributed by atoms with van der Waals surface area (Å²) in [5, 5.41) is 21.8. The fraction of sp³-hybridized carbons (Fsp3) is 0.944. The minimum absolute atomic E-state index is 0.00232. The molecule has 0 bridgehead atoms. The number of carbonyl (C=O) groups excluding carboxylic acids is 1. The Balaban J connectivity index is 1.41. The number of carbonyl (C=O) groups is 1. The van der Waals surface area contributed by atoms with Crippen molar-refractivity contribution in [3.8, 4) is 0 Å². The fourth-order valence-electron chi connectivity index (χ4n) is 4.38. The summed E-state index contributed by atoms with van der Waals surface area (Å²) in [4.78, 5) is 12.3. The van der Waals surface area contributed by atoms with Crippen molar-refractivity contribution in [3.05, 3.63) is 0 Å². The molecule has 12 heteroatoms. The van der Waals surface area contributed by atoms with E-state index in [1.807, 2.05) is 6.92 Å². The normalized spacial score (nSPS) is 37.7. The molecule has 7 N–H and O–H groups in total. The lowest BCUT2D eigenvalue weighted by Crippen LogP contribution is -2.68. The van der Waals surface area contributed by atoms with Crippen LogP contribution >= 0.6 is 0 Å². The van der Waals surface area contributed by atoms with Crippen molar-refractivity contribution in [2.75, 3.05) is 19.8 Å². The molecule has 0 aromatic rings. The second-order valence-electron chi connectivity index (χ2n) is 8.52. The van der Waals surface area contributed by atoms with Crippen LogP contribution in [-0.2, 0) is 0 Å². The van der Waals surface area contributed by atoms with Crippen molar-refractivity contribution < 1.29 is 22.4 Å². The van der Waals surface area contributed by atoms with Crippen LogP contribution in [0.25, 0.3) is 0 Å². The molecule has 1 saturated carbocycles. The maximum Gasteiger partial charge on any atom is 0.394 e. The molecule has 3 fully saturated rings. The molecule has 7 atom stereocenters. The average Bonchev–Trinajstić information content (AvgIpc) is 3.15. The van der Waals surface area contributed by atoms with Crippen LogP contribution in [0.15, 0.2) is 0 Å². The van der Waals surface area contributed by atoms with Gasteiger partial charge in [-0.25, -0.2) is 9.18 Å². The van der Waals surface area contributed by atoms with E-state index in [2.05, 4.69) is 37.2 Å². The molecular formula is C18H33F4N7O. The quantitative estimate of drug-likeness (QED) is 0.303. The van der Waals surface area contributed by atoms with Gasteiger partial charge in [0.15, 0.2) is 0 Å². The standard InChI is InChI=1S/C18H33F4N7O/c1-10-6-15(24-5-4-12-8-23-9-25-12)28-16(26-10)29-17(30)27-11-2-3-14(19)13(7-11)18(20,21)22/h10-16,23-26,28H,2-9H2,1H3,(H2,27,29,30). The lowest BCUT2D eigenvalue weighted by Gasteiger charge is -2.38. The highest BCUT2D eigenvalue weighted by Crippen LogP contribution is 2.39. The van der Waals surface area contributed by atoms with E-state index in [0.29, 0.717) is 6.04 Å². The number of hydrogen-bond acceptors (Lipinski definition) is 6. The molecule has 8 nitrogen and oxygen atoms in total. The third kappa shape index (κ3) is 6.91. The molecule has 0 radical (unpaired) electrons. The third-order valence-electron chi connectivity index (χ3n) is 6.00. The largest absolute Gasteiger partial charge is 0.394 e. The molecule has 3 aliphatic rings. The van der Waals surface area contributed by atoms with Crippen molar-refractivity contribution >= 4 is 6.03 Å². The highest BCUT2D eigenvalue weighted by atomic mass is 19.4. The summed E-state index contributed by atoms with van der Waals surface area (Å²) >= 11 is 0. The van der Waals surface area contributed by atoms with Gasteiger partial charge < -0.3 is 26.6 Å². The number of amides is 2. The van der Waals surface area contributed by atoms with Crippen LogP contribution in [-0.4, -0.2) is 68.7 Å². The predicted octanol–water partition coefficient (Wildman–Crippen LogP) is 0.434. The molecule has 7 unspecified atom stereocenters. The van der Waals surface area contributed by atoms with Gasteiger partial charge in [0.1, 0.15) is 12.5 Å². The lowest BCUT2D eigenvalue weighted by molar-refractivity contribution is -0.199. The first-order valence-electron chi connectivity index (χ1n) is 10.7. The van der Waals surface area contributed by atoms with Gasteiger partial charge in [-0.05, 0) is 45.6 Å². The summed E-state index contributed by atoms with van der Waals surface area (Å²) in [6, 6.07) is -0.698. The van der Waals surface area contributed by atoms with E-state index in [1.165, 1.54) is 0 Å². The number of hydrogen-bond donors (Lipinski definition) is 7.